The van der Waals surface area contributed by atoms with Crippen LogP contribution in [0.2, 0.25) is 0 Å². The molecule has 0 spiro atoms. The summed E-state index contributed by atoms with van der Waals surface area (Å²) in [6, 6.07) is 16.3. The molecule has 4 nitrogen and oxygen atoms in total. The van der Waals surface area contributed by atoms with Crippen LogP contribution in [0.1, 0.15) is 23.1 Å². The van der Waals surface area contributed by atoms with E-state index < -0.39 is 0 Å². The van der Waals surface area contributed by atoms with Gasteiger partial charge in [0, 0.05) is 43.4 Å². The molecule has 0 saturated heterocycles. The summed E-state index contributed by atoms with van der Waals surface area (Å²) in [4.78, 5) is 10.7. The summed E-state index contributed by atoms with van der Waals surface area (Å²) in [5.74, 6) is 0.869. The zero-order chi connectivity index (χ0) is 18.0. The van der Waals surface area contributed by atoms with E-state index >= 15 is 0 Å². The van der Waals surface area contributed by atoms with Gasteiger partial charge in [-0.3, -0.25) is 14.9 Å². The zero-order valence-corrected chi connectivity index (χ0v) is 14.9. The van der Waals surface area contributed by atoms with Gasteiger partial charge >= 0.3 is 0 Å². The maximum Gasteiger partial charge on any atom is 0.119 e. The van der Waals surface area contributed by atoms with Crippen molar-refractivity contribution < 1.29 is 4.74 Å². The first-order chi connectivity index (χ1) is 12.8. The van der Waals surface area contributed by atoms with Gasteiger partial charge in [-0.05, 0) is 48.4 Å². The number of aromatic nitrogens is 2. The van der Waals surface area contributed by atoms with Gasteiger partial charge in [0.25, 0.3) is 0 Å². The highest BCUT2D eigenvalue weighted by atomic mass is 16.5. The molecule has 26 heavy (non-hydrogen) atoms. The van der Waals surface area contributed by atoms with E-state index in [1.807, 2.05) is 42.7 Å². The van der Waals surface area contributed by atoms with Gasteiger partial charge in [-0.25, -0.2) is 0 Å². The normalized spacial score (nSPS) is 10.8. The number of hydrogen-bond donors (Lipinski definition) is 0. The molecular weight excluding hydrogens is 322 g/mol. The molecule has 3 rings (SSSR count). The van der Waals surface area contributed by atoms with E-state index in [0.717, 1.165) is 37.4 Å². The van der Waals surface area contributed by atoms with Crippen molar-refractivity contribution in [2.45, 2.75) is 26.1 Å². The molecule has 1 aromatic carbocycles. The number of hydrogen-bond acceptors (Lipinski definition) is 4. The van der Waals surface area contributed by atoms with Crippen LogP contribution in [0.4, 0.5) is 0 Å². The van der Waals surface area contributed by atoms with Crippen LogP contribution in [0.15, 0.2) is 73.3 Å². The Hall–Kier alpha value is -2.72. The van der Waals surface area contributed by atoms with E-state index in [-0.39, 0.29) is 0 Å². The molecule has 0 fully saturated rings. The molecule has 0 aliphatic carbocycles. The minimum Gasteiger partial charge on any atom is -0.489 e. The highest BCUT2D eigenvalue weighted by molar-refractivity contribution is 5.27. The lowest BCUT2D eigenvalue weighted by Gasteiger charge is -2.22. The second kappa shape index (κ2) is 9.68. The van der Waals surface area contributed by atoms with Crippen molar-refractivity contribution in [1.82, 2.24) is 14.9 Å². The Morgan fingerprint density at radius 1 is 0.808 bits per heavy atom. The van der Waals surface area contributed by atoms with Crippen molar-refractivity contribution in [3.05, 3.63) is 96.9 Å². The van der Waals surface area contributed by atoms with Crippen molar-refractivity contribution in [2.75, 3.05) is 6.54 Å². The summed E-state index contributed by atoms with van der Waals surface area (Å²) in [6.07, 6.45) is 8.20. The molecule has 3 aromatic rings. The van der Waals surface area contributed by atoms with Gasteiger partial charge in [0.15, 0.2) is 0 Å². The molecule has 0 atom stereocenters. The summed E-state index contributed by atoms with van der Waals surface area (Å²) in [7, 11) is 0. The summed E-state index contributed by atoms with van der Waals surface area (Å²) in [6.45, 7) is 7.24. The second-order valence-corrected chi connectivity index (χ2v) is 6.22. The van der Waals surface area contributed by atoms with Crippen molar-refractivity contribution in [3.63, 3.8) is 0 Å². The first kappa shape index (κ1) is 18.1. The first-order valence-electron chi connectivity index (χ1n) is 8.84. The van der Waals surface area contributed by atoms with Crippen LogP contribution in [0.5, 0.6) is 5.75 Å². The molecular formula is C22H24N3O. The van der Waals surface area contributed by atoms with E-state index in [1.54, 1.807) is 12.4 Å². The van der Waals surface area contributed by atoms with Crippen LogP contribution in [0.3, 0.4) is 0 Å². The lowest BCUT2D eigenvalue weighted by atomic mass is 10.2. The lowest BCUT2D eigenvalue weighted by Crippen LogP contribution is -2.23. The highest BCUT2D eigenvalue weighted by Gasteiger charge is 2.07. The van der Waals surface area contributed by atoms with Gasteiger partial charge in [0.1, 0.15) is 12.4 Å². The Kier molecular flexibility index (Phi) is 6.73. The largest absolute Gasteiger partial charge is 0.489 e. The van der Waals surface area contributed by atoms with Crippen molar-refractivity contribution in [2.24, 2.45) is 0 Å². The third-order valence-electron chi connectivity index (χ3n) is 4.06. The molecule has 0 saturated carbocycles. The van der Waals surface area contributed by atoms with Crippen LogP contribution >= 0.6 is 0 Å². The number of nitrogens with zero attached hydrogens (tertiary/aromatic N) is 3. The molecule has 2 heterocycles. The minimum atomic E-state index is 0.530. The zero-order valence-electron chi connectivity index (χ0n) is 14.9. The molecule has 1 radical (unpaired) electrons. The summed E-state index contributed by atoms with van der Waals surface area (Å²) in [5, 5.41) is 0. The Morgan fingerprint density at radius 2 is 1.46 bits per heavy atom. The van der Waals surface area contributed by atoms with Crippen LogP contribution in [-0.4, -0.2) is 21.4 Å². The van der Waals surface area contributed by atoms with Gasteiger partial charge < -0.3 is 4.74 Å². The molecule has 0 aliphatic heterocycles. The average Bonchev–Trinajstić information content (AvgIpc) is 2.69. The smallest absolute Gasteiger partial charge is 0.119 e. The summed E-state index contributed by atoms with van der Waals surface area (Å²) >= 11 is 0. The predicted molar refractivity (Wildman–Crippen MR) is 103 cm³/mol. The number of pyridine rings is 2. The SMILES string of the molecule is [CH2]CCN(Cc1ccc(OCc2cccnc2)cc1)Cc1cccnc1. The van der Waals surface area contributed by atoms with Crippen molar-refractivity contribution in [3.8, 4) is 5.75 Å². The third-order valence-corrected chi connectivity index (χ3v) is 4.06. The molecule has 2 aromatic heterocycles. The Morgan fingerprint density at radius 3 is 2.08 bits per heavy atom. The first-order valence-corrected chi connectivity index (χ1v) is 8.84. The average molecular weight is 346 g/mol. The number of ether oxygens (including phenoxy) is 1. The minimum absolute atomic E-state index is 0.530. The Labute approximate surface area is 155 Å². The van der Waals surface area contributed by atoms with Crippen LogP contribution in [0.25, 0.3) is 0 Å². The predicted octanol–water partition coefficient (Wildman–Crippen LogP) is 4.28. The maximum atomic E-state index is 5.82. The Bertz CT molecular complexity index is 760. The van der Waals surface area contributed by atoms with E-state index in [1.165, 1.54) is 11.1 Å². The van der Waals surface area contributed by atoms with E-state index in [0.29, 0.717) is 6.61 Å². The quantitative estimate of drug-likeness (QED) is 0.579. The number of rotatable bonds is 9. The Balaban J connectivity index is 1.56. The number of benzene rings is 1. The van der Waals surface area contributed by atoms with E-state index in [2.05, 4.69) is 40.0 Å². The third kappa shape index (κ3) is 5.67. The summed E-state index contributed by atoms with van der Waals surface area (Å²) in [5.41, 5.74) is 3.54. The monoisotopic (exact) mass is 346 g/mol. The molecule has 133 valence electrons. The van der Waals surface area contributed by atoms with E-state index in [4.69, 9.17) is 4.74 Å². The standard InChI is InChI=1S/C22H24N3O/c1-2-13-25(17-20-5-3-11-23-14-20)16-19-7-9-22(10-8-19)26-18-21-6-4-12-24-15-21/h3-12,14-15H,1-2,13,16-18H2. The molecule has 4 heteroatoms. The maximum absolute atomic E-state index is 5.82. The molecule has 0 bridgehead atoms. The van der Waals surface area contributed by atoms with Gasteiger partial charge in [-0.15, -0.1) is 0 Å². The van der Waals surface area contributed by atoms with Crippen LogP contribution < -0.4 is 4.74 Å². The lowest BCUT2D eigenvalue weighted by molar-refractivity contribution is 0.261. The van der Waals surface area contributed by atoms with Gasteiger partial charge in [0.2, 0.25) is 0 Å². The fraction of sp³-hybridized carbons (Fsp3) is 0.227. The molecule has 0 aliphatic rings. The summed E-state index contributed by atoms with van der Waals surface area (Å²) < 4.78 is 5.82. The fourth-order valence-electron chi connectivity index (χ4n) is 2.79. The van der Waals surface area contributed by atoms with Gasteiger partial charge in [-0.2, -0.15) is 0 Å². The van der Waals surface area contributed by atoms with Crippen LogP contribution in [0, 0.1) is 6.92 Å². The molecule has 0 amide bonds. The van der Waals surface area contributed by atoms with E-state index in [9.17, 15) is 0 Å². The van der Waals surface area contributed by atoms with Gasteiger partial charge in [-0.1, -0.05) is 31.2 Å². The second-order valence-electron chi connectivity index (χ2n) is 6.22. The fourth-order valence-corrected chi connectivity index (χ4v) is 2.79. The highest BCUT2D eigenvalue weighted by Crippen LogP contribution is 2.16. The van der Waals surface area contributed by atoms with Gasteiger partial charge in [0.05, 0.1) is 0 Å². The van der Waals surface area contributed by atoms with Crippen molar-refractivity contribution in [1.29, 1.82) is 0 Å². The topological polar surface area (TPSA) is 38.2 Å². The molecule has 0 unspecified atom stereocenters. The van der Waals surface area contributed by atoms with Crippen LogP contribution in [-0.2, 0) is 19.7 Å². The van der Waals surface area contributed by atoms with Crippen molar-refractivity contribution >= 4 is 0 Å². The molecule has 0 N–H and O–H groups in total.